The second kappa shape index (κ2) is 12.6. The standard InChI is InChI=1S/C29H34F2N2O2/c1-4-21-6-5-7-22(11-21)17-32-18-28(34)27(14-23-12-25(30)16-26(31)13-23)33-29(35)15-24-10-19(2)8-9-20(24)3/h5-13,16,27-28,32,34H,4,14-15,17-18H2,1-3H3,(H,33,35)/t27-,28+/m0/s1. The Labute approximate surface area is 206 Å². The molecular weight excluding hydrogens is 446 g/mol. The summed E-state index contributed by atoms with van der Waals surface area (Å²) in [5.74, 6) is -1.64. The molecule has 35 heavy (non-hydrogen) atoms. The molecule has 3 aromatic rings. The second-order valence-electron chi connectivity index (χ2n) is 9.13. The molecule has 186 valence electrons. The minimum absolute atomic E-state index is 0.0986. The van der Waals surface area contributed by atoms with Crippen LogP contribution in [0.25, 0.3) is 0 Å². The van der Waals surface area contributed by atoms with Crippen molar-refractivity contribution in [1.29, 1.82) is 0 Å². The molecule has 6 heteroatoms. The van der Waals surface area contributed by atoms with Crippen LogP contribution in [0.1, 0.15) is 40.3 Å². The number of aliphatic hydroxyl groups is 1. The molecule has 0 saturated heterocycles. The molecule has 1 amide bonds. The highest BCUT2D eigenvalue weighted by atomic mass is 19.1. The van der Waals surface area contributed by atoms with E-state index in [1.807, 2.05) is 44.2 Å². The van der Waals surface area contributed by atoms with Crippen LogP contribution in [0, 0.1) is 25.5 Å². The monoisotopic (exact) mass is 480 g/mol. The Hall–Kier alpha value is -3.09. The van der Waals surface area contributed by atoms with Crippen LogP contribution < -0.4 is 10.6 Å². The molecule has 0 saturated carbocycles. The fraction of sp³-hybridized carbons (Fsp3) is 0.345. The smallest absolute Gasteiger partial charge is 0.224 e. The van der Waals surface area contributed by atoms with Gasteiger partial charge in [-0.05, 0) is 66.6 Å². The minimum Gasteiger partial charge on any atom is -0.390 e. The van der Waals surface area contributed by atoms with Crippen molar-refractivity contribution in [3.63, 3.8) is 0 Å². The molecule has 0 aliphatic heterocycles. The van der Waals surface area contributed by atoms with Crippen molar-refractivity contribution in [1.82, 2.24) is 10.6 Å². The van der Waals surface area contributed by atoms with Crippen LogP contribution in [0.3, 0.4) is 0 Å². The number of carbonyl (C=O) groups excluding carboxylic acids is 1. The van der Waals surface area contributed by atoms with Crippen LogP contribution in [0.15, 0.2) is 60.7 Å². The Bertz CT molecular complexity index is 1130. The number of carbonyl (C=O) groups is 1. The van der Waals surface area contributed by atoms with E-state index in [2.05, 4.69) is 29.7 Å². The Morgan fingerprint density at radius 1 is 0.943 bits per heavy atom. The van der Waals surface area contributed by atoms with E-state index in [0.29, 0.717) is 12.1 Å². The quantitative estimate of drug-likeness (QED) is 0.377. The van der Waals surface area contributed by atoms with Crippen LogP contribution in [0.2, 0.25) is 0 Å². The highest BCUT2D eigenvalue weighted by Gasteiger charge is 2.23. The van der Waals surface area contributed by atoms with E-state index in [0.717, 1.165) is 34.7 Å². The Morgan fingerprint density at radius 3 is 2.37 bits per heavy atom. The first-order valence-corrected chi connectivity index (χ1v) is 12.0. The zero-order valence-electron chi connectivity index (χ0n) is 20.6. The van der Waals surface area contributed by atoms with Gasteiger partial charge in [-0.25, -0.2) is 8.78 Å². The van der Waals surface area contributed by atoms with Gasteiger partial charge in [-0.1, -0.05) is 55.0 Å². The average molecular weight is 481 g/mol. The molecule has 3 N–H and O–H groups in total. The summed E-state index contributed by atoms with van der Waals surface area (Å²) >= 11 is 0. The van der Waals surface area contributed by atoms with Crippen molar-refractivity contribution in [3.8, 4) is 0 Å². The van der Waals surface area contributed by atoms with Gasteiger partial charge in [0.25, 0.3) is 0 Å². The molecule has 0 bridgehead atoms. The number of halogens is 2. The van der Waals surface area contributed by atoms with Crippen LogP contribution in [-0.4, -0.2) is 29.7 Å². The van der Waals surface area contributed by atoms with Gasteiger partial charge in [0.05, 0.1) is 18.6 Å². The average Bonchev–Trinajstić information content (AvgIpc) is 2.80. The predicted octanol–water partition coefficient (Wildman–Crippen LogP) is 4.56. The predicted molar refractivity (Wildman–Crippen MR) is 135 cm³/mol. The maximum absolute atomic E-state index is 13.8. The molecule has 3 aromatic carbocycles. The molecule has 0 aliphatic rings. The third kappa shape index (κ3) is 8.26. The van der Waals surface area contributed by atoms with Crippen molar-refractivity contribution >= 4 is 5.91 Å². The highest BCUT2D eigenvalue weighted by Crippen LogP contribution is 2.14. The third-order valence-corrected chi connectivity index (χ3v) is 6.13. The zero-order valence-corrected chi connectivity index (χ0v) is 20.6. The highest BCUT2D eigenvalue weighted by molar-refractivity contribution is 5.79. The van der Waals surface area contributed by atoms with E-state index in [4.69, 9.17) is 0 Å². The summed E-state index contributed by atoms with van der Waals surface area (Å²) in [7, 11) is 0. The molecule has 0 fully saturated rings. The lowest BCUT2D eigenvalue weighted by atomic mass is 9.99. The summed E-state index contributed by atoms with van der Waals surface area (Å²) in [6.07, 6.45) is 0.237. The van der Waals surface area contributed by atoms with Gasteiger partial charge in [-0.2, -0.15) is 0 Å². The van der Waals surface area contributed by atoms with E-state index >= 15 is 0 Å². The molecule has 0 aliphatic carbocycles. The van der Waals surface area contributed by atoms with Gasteiger partial charge >= 0.3 is 0 Å². The maximum Gasteiger partial charge on any atom is 0.224 e. The van der Waals surface area contributed by atoms with Crippen molar-refractivity contribution in [2.45, 2.75) is 58.7 Å². The summed E-state index contributed by atoms with van der Waals surface area (Å²) in [6.45, 7) is 6.78. The Morgan fingerprint density at radius 2 is 1.66 bits per heavy atom. The number of benzene rings is 3. The van der Waals surface area contributed by atoms with Gasteiger partial charge in [0.1, 0.15) is 11.6 Å². The SMILES string of the molecule is CCc1cccc(CNC[C@@H](O)[C@H](Cc2cc(F)cc(F)c2)NC(=O)Cc2cc(C)ccc2C)c1. The van der Waals surface area contributed by atoms with Crippen LogP contribution in [0.5, 0.6) is 0 Å². The fourth-order valence-corrected chi connectivity index (χ4v) is 4.15. The molecule has 2 atom stereocenters. The lowest BCUT2D eigenvalue weighted by Gasteiger charge is -2.25. The van der Waals surface area contributed by atoms with Gasteiger partial charge in [-0.15, -0.1) is 0 Å². The first kappa shape index (κ1) is 26.5. The van der Waals surface area contributed by atoms with Gasteiger partial charge in [-0.3, -0.25) is 4.79 Å². The second-order valence-corrected chi connectivity index (χ2v) is 9.13. The number of hydrogen-bond donors (Lipinski definition) is 3. The maximum atomic E-state index is 13.8. The number of aliphatic hydroxyl groups excluding tert-OH is 1. The Kier molecular flexibility index (Phi) is 9.52. The zero-order chi connectivity index (χ0) is 25.4. The summed E-state index contributed by atoms with van der Waals surface area (Å²) < 4.78 is 27.5. The minimum atomic E-state index is -0.960. The number of amides is 1. The largest absolute Gasteiger partial charge is 0.390 e. The summed E-state index contributed by atoms with van der Waals surface area (Å²) in [5.41, 5.74) is 5.66. The van der Waals surface area contributed by atoms with E-state index < -0.39 is 23.8 Å². The van der Waals surface area contributed by atoms with Gasteiger partial charge in [0.2, 0.25) is 5.91 Å². The number of rotatable bonds is 11. The summed E-state index contributed by atoms with van der Waals surface area (Å²) in [4.78, 5) is 12.9. The van der Waals surface area contributed by atoms with Crippen molar-refractivity contribution < 1.29 is 18.7 Å². The topological polar surface area (TPSA) is 61.4 Å². The molecule has 0 heterocycles. The Balaban J connectivity index is 1.69. The van der Waals surface area contributed by atoms with Crippen LogP contribution in [0.4, 0.5) is 8.78 Å². The first-order chi connectivity index (χ1) is 16.7. The molecular formula is C29H34F2N2O2. The van der Waals surface area contributed by atoms with Crippen molar-refractivity contribution in [2.24, 2.45) is 0 Å². The van der Waals surface area contributed by atoms with Crippen molar-refractivity contribution in [3.05, 3.63) is 106 Å². The van der Waals surface area contributed by atoms with Crippen LogP contribution >= 0.6 is 0 Å². The number of nitrogens with one attached hydrogen (secondary N) is 2. The van der Waals surface area contributed by atoms with Gasteiger partial charge in [0.15, 0.2) is 0 Å². The van der Waals surface area contributed by atoms with E-state index in [1.165, 1.54) is 17.7 Å². The lowest BCUT2D eigenvalue weighted by Crippen LogP contribution is -2.49. The molecule has 0 spiro atoms. The summed E-state index contributed by atoms with van der Waals surface area (Å²) in [6, 6.07) is 16.7. The summed E-state index contributed by atoms with van der Waals surface area (Å²) in [5, 5.41) is 17.1. The number of hydrogen-bond acceptors (Lipinski definition) is 3. The lowest BCUT2D eigenvalue weighted by molar-refractivity contribution is -0.122. The molecule has 3 rings (SSSR count). The third-order valence-electron chi connectivity index (χ3n) is 6.13. The van der Waals surface area contributed by atoms with E-state index in [1.54, 1.807) is 0 Å². The molecule has 0 unspecified atom stereocenters. The van der Waals surface area contributed by atoms with Gasteiger partial charge < -0.3 is 15.7 Å². The van der Waals surface area contributed by atoms with Crippen molar-refractivity contribution in [2.75, 3.05) is 6.54 Å². The normalized spacial score (nSPS) is 12.9. The molecule has 0 radical (unpaired) electrons. The van der Waals surface area contributed by atoms with E-state index in [9.17, 15) is 18.7 Å². The first-order valence-electron chi connectivity index (χ1n) is 12.0. The molecule has 0 aromatic heterocycles. The fourth-order valence-electron chi connectivity index (χ4n) is 4.15. The number of aryl methyl sites for hydroxylation is 3. The van der Waals surface area contributed by atoms with Gasteiger partial charge in [0, 0.05) is 19.2 Å². The van der Waals surface area contributed by atoms with E-state index in [-0.39, 0.29) is 25.3 Å². The molecule has 4 nitrogen and oxygen atoms in total. The van der Waals surface area contributed by atoms with Crippen LogP contribution in [-0.2, 0) is 30.6 Å².